The lowest BCUT2D eigenvalue weighted by Gasteiger charge is -2.27. The Kier molecular flexibility index (Phi) is 4.36. The molecule has 4 rings (SSSR count). The predicted octanol–water partition coefficient (Wildman–Crippen LogP) is 2.58. The van der Waals surface area contributed by atoms with Crippen molar-refractivity contribution in [2.24, 2.45) is 5.92 Å². The zero-order chi connectivity index (χ0) is 18.3. The van der Waals surface area contributed by atoms with E-state index in [2.05, 4.69) is 9.84 Å². The van der Waals surface area contributed by atoms with Crippen molar-refractivity contribution in [3.63, 3.8) is 0 Å². The highest BCUT2D eigenvalue weighted by atomic mass is 19.3. The van der Waals surface area contributed by atoms with E-state index in [1.807, 2.05) is 10.7 Å². The van der Waals surface area contributed by atoms with E-state index in [-0.39, 0.29) is 11.7 Å². The van der Waals surface area contributed by atoms with E-state index in [1.165, 1.54) is 18.2 Å². The number of carbonyl (C=O) groups is 1. The number of fused-ring (bicyclic) bond motifs is 1. The second kappa shape index (κ2) is 6.68. The lowest BCUT2D eigenvalue weighted by molar-refractivity contribution is -0.0499. The first-order valence-electron chi connectivity index (χ1n) is 8.60. The topological polar surface area (TPSA) is 67.6 Å². The molecule has 2 aliphatic rings. The number of ether oxygens (including phenoxy) is 1. The number of halogens is 2. The molecule has 1 atom stereocenters. The molecule has 26 heavy (non-hydrogen) atoms. The Labute approximate surface area is 149 Å². The fourth-order valence-corrected chi connectivity index (χ4v) is 3.25. The maximum atomic E-state index is 12.7. The molecular formula is C18H19F2N3O3. The van der Waals surface area contributed by atoms with Crippen molar-refractivity contribution >= 4 is 5.91 Å². The molecule has 1 aliphatic carbocycles. The molecule has 138 valence electrons. The molecule has 8 heteroatoms. The maximum absolute atomic E-state index is 12.7. The van der Waals surface area contributed by atoms with E-state index in [0.29, 0.717) is 36.8 Å². The predicted molar refractivity (Wildman–Crippen MR) is 87.7 cm³/mol. The van der Waals surface area contributed by atoms with Gasteiger partial charge < -0.3 is 14.7 Å². The van der Waals surface area contributed by atoms with Crippen LogP contribution >= 0.6 is 0 Å². The molecule has 2 aromatic rings. The summed E-state index contributed by atoms with van der Waals surface area (Å²) in [4.78, 5) is 14.4. The summed E-state index contributed by atoms with van der Waals surface area (Å²) < 4.78 is 30.9. The van der Waals surface area contributed by atoms with Gasteiger partial charge >= 0.3 is 6.61 Å². The molecule has 2 heterocycles. The number of benzene rings is 1. The van der Waals surface area contributed by atoms with E-state index >= 15 is 0 Å². The van der Waals surface area contributed by atoms with Crippen LogP contribution in [0.2, 0.25) is 0 Å². The third kappa shape index (κ3) is 3.41. The largest absolute Gasteiger partial charge is 0.435 e. The molecule has 1 saturated carbocycles. The Bertz CT molecular complexity index is 820. The SMILES string of the molecule is O=C(c1cccc(OC(F)F)c1)N1CCn2nc([C@@H](O)C3CC3)cc2C1. The Morgan fingerprint density at radius 2 is 2.08 bits per heavy atom. The first-order chi connectivity index (χ1) is 12.5. The van der Waals surface area contributed by atoms with Crippen molar-refractivity contribution in [2.45, 2.75) is 38.6 Å². The number of aromatic nitrogens is 2. The summed E-state index contributed by atoms with van der Waals surface area (Å²) in [5.74, 6) is 0.00598. The summed E-state index contributed by atoms with van der Waals surface area (Å²) >= 11 is 0. The number of hydrogen-bond donors (Lipinski definition) is 1. The third-order valence-corrected chi connectivity index (χ3v) is 4.78. The van der Waals surface area contributed by atoms with Gasteiger partial charge in [-0.2, -0.15) is 13.9 Å². The van der Waals surface area contributed by atoms with Gasteiger partial charge in [0.1, 0.15) is 11.9 Å². The third-order valence-electron chi connectivity index (χ3n) is 4.78. The number of alkyl halides is 2. The number of aliphatic hydroxyl groups is 1. The first-order valence-corrected chi connectivity index (χ1v) is 8.60. The summed E-state index contributed by atoms with van der Waals surface area (Å²) in [7, 11) is 0. The number of nitrogens with zero attached hydrogens (tertiary/aromatic N) is 3. The van der Waals surface area contributed by atoms with E-state index in [0.717, 1.165) is 18.5 Å². The Hall–Kier alpha value is -2.48. The quantitative estimate of drug-likeness (QED) is 0.887. The zero-order valence-electron chi connectivity index (χ0n) is 14.0. The highest BCUT2D eigenvalue weighted by molar-refractivity contribution is 5.94. The van der Waals surface area contributed by atoms with E-state index < -0.39 is 12.7 Å². The van der Waals surface area contributed by atoms with Crippen molar-refractivity contribution in [1.29, 1.82) is 0 Å². The maximum Gasteiger partial charge on any atom is 0.387 e. The lowest BCUT2D eigenvalue weighted by Crippen LogP contribution is -2.38. The molecule has 0 spiro atoms. The second-order valence-electron chi connectivity index (χ2n) is 6.70. The molecule has 6 nitrogen and oxygen atoms in total. The zero-order valence-corrected chi connectivity index (χ0v) is 14.0. The van der Waals surface area contributed by atoms with Crippen LogP contribution in [0.4, 0.5) is 8.78 Å². The standard InChI is InChI=1S/C18H19F2N3O3/c19-18(20)26-14-3-1-2-12(8-14)17(25)22-6-7-23-13(10-22)9-15(21-23)16(24)11-4-5-11/h1-3,8-9,11,16,18,24H,4-7,10H2/t16-/m0/s1. The number of carbonyl (C=O) groups excluding carboxylic acids is 1. The van der Waals surface area contributed by atoms with E-state index in [4.69, 9.17) is 0 Å². The Balaban J connectivity index is 1.48. The molecule has 1 aromatic heterocycles. The molecule has 0 unspecified atom stereocenters. The average Bonchev–Trinajstić information content (AvgIpc) is 3.38. The van der Waals surface area contributed by atoms with Crippen molar-refractivity contribution in [2.75, 3.05) is 6.54 Å². The molecule has 1 fully saturated rings. The van der Waals surface area contributed by atoms with Crippen molar-refractivity contribution in [3.05, 3.63) is 47.3 Å². The normalized spacial score (nSPS) is 17.9. The van der Waals surface area contributed by atoms with Gasteiger partial charge in [0, 0.05) is 12.1 Å². The minimum absolute atomic E-state index is 0.0391. The summed E-state index contributed by atoms with van der Waals surface area (Å²) in [6.07, 6.45) is 1.50. The van der Waals surface area contributed by atoms with Crippen LogP contribution in [0.3, 0.4) is 0 Å². The molecule has 0 bridgehead atoms. The van der Waals surface area contributed by atoms with Crippen molar-refractivity contribution in [1.82, 2.24) is 14.7 Å². The van der Waals surface area contributed by atoms with Crippen LogP contribution in [0.25, 0.3) is 0 Å². The highest BCUT2D eigenvalue weighted by Crippen LogP contribution is 2.40. The summed E-state index contributed by atoms with van der Waals surface area (Å²) in [6.45, 7) is -1.57. The van der Waals surface area contributed by atoms with Crippen LogP contribution in [0.5, 0.6) is 5.75 Å². The molecular weight excluding hydrogens is 344 g/mol. The second-order valence-corrected chi connectivity index (χ2v) is 6.70. The van der Waals surface area contributed by atoms with Crippen LogP contribution in [0.15, 0.2) is 30.3 Å². The van der Waals surface area contributed by atoms with Crippen LogP contribution in [0.1, 0.15) is 40.7 Å². The van der Waals surface area contributed by atoms with Gasteiger partial charge in [-0.3, -0.25) is 9.48 Å². The molecule has 1 aromatic carbocycles. The smallest absolute Gasteiger partial charge is 0.387 e. The molecule has 0 radical (unpaired) electrons. The van der Waals surface area contributed by atoms with Gasteiger partial charge in [0.05, 0.1) is 24.5 Å². The molecule has 0 saturated heterocycles. The van der Waals surface area contributed by atoms with Gasteiger partial charge in [-0.1, -0.05) is 6.07 Å². The highest BCUT2D eigenvalue weighted by Gasteiger charge is 2.33. The van der Waals surface area contributed by atoms with Crippen molar-refractivity contribution in [3.8, 4) is 5.75 Å². The first kappa shape index (κ1) is 17.0. The van der Waals surface area contributed by atoms with Gasteiger partial charge in [-0.25, -0.2) is 0 Å². The van der Waals surface area contributed by atoms with E-state index in [1.54, 1.807) is 11.0 Å². The Morgan fingerprint density at radius 1 is 1.27 bits per heavy atom. The number of hydrogen-bond acceptors (Lipinski definition) is 4. The fourth-order valence-electron chi connectivity index (χ4n) is 3.25. The molecule has 1 N–H and O–H groups in total. The van der Waals surface area contributed by atoms with Crippen molar-refractivity contribution < 1.29 is 23.4 Å². The number of amides is 1. The van der Waals surface area contributed by atoms with Gasteiger partial charge in [0.2, 0.25) is 0 Å². The Morgan fingerprint density at radius 3 is 2.81 bits per heavy atom. The average molecular weight is 363 g/mol. The number of rotatable bonds is 5. The summed E-state index contributed by atoms with van der Waals surface area (Å²) in [5, 5.41) is 14.7. The summed E-state index contributed by atoms with van der Waals surface area (Å²) in [5.41, 5.74) is 1.82. The fraction of sp³-hybridized carbons (Fsp3) is 0.444. The van der Waals surface area contributed by atoms with Crippen LogP contribution in [-0.4, -0.2) is 38.9 Å². The van der Waals surface area contributed by atoms with Gasteiger partial charge in [-0.05, 0) is 43.0 Å². The van der Waals surface area contributed by atoms with Gasteiger partial charge in [-0.15, -0.1) is 0 Å². The minimum Gasteiger partial charge on any atom is -0.435 e. The molecule has 1 amide bonds. The minimum atomic E-state index is -2.93. The number of aliphatic hydroxyl groups excluding tert-OH is 1. The lowest BCUT2D eigenvalue weighted by atomic mass is 10.1. The molecule has 1 aliphatic heterocycles. The van der Waals surface area contributed by atoms with Crippen LogP contribution in [0, 0.1) is 5.92 Å². The van der Waals surface area contributed by atoms with Crippen LogP contribution in [-0.2, 0) is 13.1 Å². The monoisotopic (exact) mass is 363 g/mol. The van der Waals surface area contributed by atoms with Gasteiger partial charge in [0.25, 0.3) is 5.91 Å². The van der Waals surface area contributed by atoms with Crippen LogP contribution < -0.4 is 4.74 Å². The summed E-state index contributed by atoms with van der Waals surface area (Å²) in [6, 6.07) is 7.65. The van der Waals surface area contributed by atoms with Gasteiger partial charge in [0.15, 0.2) is 0 Å². The van der Waals surface area contributed by atoms with E-state index in [9.17, 15) is 18.7 Å².